The summed E-state index contributed by atoms with van der Waals surface area (Å²) < 4.78 is 1.06. The van der Waals surface area contributed by atoms with Crippen molar-refractivity contribution in [1.29, 1.82) is 0 Å². The van der Waals surface area contributed by atoms with Gasteiger partial charge in [-0.3, -0.25) is 0 Å². The molecule has 0 saturated heterocycles. The Balaban J connectivity index is 1.87. The van der Waals surface area contributed by atoms with Gasteiger partial charge in [0.05, 0.1) is 12.4 Å². The van der Waals surface area contributed by atoms with Gasteiger partial charge in [0.25, 0.3) is 0 Å². The first-order chi connectivity index (χ1) is 10.1. The first-order valence-corrected chi connectivity index (χ1v) is 7.40. The third-order valence-corrected chi connectivity index (χ3v) is 3.68. The molecule has 0 aliphatic rings. The van der Waals surface area contributed by atoms with Gasteiger partial charge in [0.2, 0.25) is 0 Å². The lowest BCUT2D eigenvalue weighted by molar-refractivity contribution is 1.18. The van der Waals surface area contributed by atoms with Crippen molar-refractivity contribution < 1.29 is 0 Å². The zero-order valence-electron chi connectivity index (χ0n) is 10.9. The number of aromatic nitrogens is 2. The topological polar surface area (TPSA) is 63.8 Å². The standard InChI is InChI=1S/C15H11BrN4S/c16-11-3-1-10-6-12(4-2-9(10)5-11)20-14-8-18-13(7-19-14)15(17)21/h1-8H,(H2,17,21)(H,19,20). The lowest BCUT2D eigenvalue weighted by Gasteiger charge is -2.07. The molecule has 0 spiro atoms. The second-order valence-electron chi connectivity index (χ2n) is 4.48. The van der Waals surface area contributed by atoms with Crippen LogP contribution in [-0.2, 0) is 0 Å². The van der Waals surface area contributed by atoms with Crippen LogP contribution in [0.5, 0.6) is 0 Å². The molecule has 0 aliphatic heterocycles. The van der Waals surface area contributed by atoms with E-state index in [9.17, 15) is 0 Å². The van der Waals surface area contributed by atoms with E-state index in [0.29, 0.717) is 11.5 Å². The summed E-state index contributed by atoms with van der Waals surface area (Å²) in [6.07, 6.45) is 3.17. The fourth-order valence-electron chi connectivity index (χ4n) is 1.96. The van der Waals surface area contributed by atoms with Gasteiger partial charge in [-0.1, -0.05) is 40.3 Å². The van der Waals surface area contributed by atoms with Crippen molar-refractivity contribution in [1.82, 2.24) is 9.97 Å². The van der Waals surface area contributed by atoms with E-state index in [2.05, 4.69) is 55.5 Å². The maximum absolute atomic E-state index is 5.50. The number of nitrogens with two attached hydrogens (primary N) is 1. The van der Waals surface area contributed by atoms with E-state index in [1.165, 1.54) is 5.39 Å². The first kappa shape index (κ1) is 13.9. The van der Waals surface area contributed by atoms with Gasteiger partial charge in [0.15, 0.2) is 0 Å². The summed E-state index contributed by atoms with van der Waals surface area (Å²) in [4.78, 5) is 8.63. The van der Waals surface area contributed by atoms with Crippen LogP contribution in [0.1, 0.15) is 5.69 Å². The summed E-state index contributed by atoms with van der Waals surface area (Å²) in [5.41, 5.74) is 6.95. The molecule has 6 heteroatoms. The highest BCUT2D eigenvalue weighted by atomic mass is 79.9. The Morgan fingerprint density at radius 1 is 1.05 bits per heavy atom. The normalized spacial score (nSPS) is 10.5. The predicted molar refractivity (Wildman–Crippen MR) is 92.9 cm³/mol. The number of anilines is 2. The Kier molecular flexibility index (Phi) is 3.81. The molecule has 1 heterocycles. The van der Waals surface area contributed by atoms with E-state index >= 15 is 0 Å². The molecule has 3 N–H and O–H groups in total. The van der Waals surface area contributed by atoms with Crippen molar-refractivity contribution in [2.24, 2.45) is 5.73 Å². The summed E-state index contributed by atoms with van der Waals surface area (Å²) in [6.45, 7) is 0. The summed E-state index contributed by atoms with van der Waals surface area (Å²) in [5, 5.41) is 5.53. The molecule has 0 saturated carbocycles. The van der Waals surface area contributed by atoms with E-state index in [1.54, 1.807) is 12.4 Å². The molecule has 3 rings (SSSR count). The van der Waals surface area contributed by atoms with Crippen molar-refractivity contribution in [2.75, 3.05) is 5.32 Å². The van der Waals surface area contributed by atoms with Gasteiger partial charge in [0, 0.05) is 10.2 Å². The molecule has 0 radical (unpaired) electrons. The molecular weight excluding hydrogens is 348 g/mol. The number of halogens is 1. The summed E-state index contributed by atoms with van der Waals surface area (Å²) >= 11 is 8.32. The molecule has 1 aromatic heterocycles. The molecule has 0 unspecified atom stereocenters. The Hall–Kier alpha value is -2.05. The zero-order valence-corrected chi connectivity index (χ0v) is 13.3. The Morgan fingerprint density at radius 3 is 2.52 bits per heavy atom. The molecular formula is C15H11BrN4S. The number of thiocarbonyl (C=S) groups is 1. The number of nitrogens with one attached hydrogen (secondary N) is 1. The van der Waals surface area contributed by atoms with Gasteiger partial charge in [-0.25, -0.2) is 9.97 Å². The van der Waals surface area contributed by atoms with Gasteiger partial charge in [-0.15, -0.1) is 0 Å². The molecule has 0 atom stereocenters. The third-order valence-electron chi connectivity index (χ3n) is 2.98. The molecule has 0 bridgehead atoms. The summed E-state index contributed by atoms with van der Waals surface area (Å²) in [6, 6.07) is 12.3. The fourth-order valence-corrected chi connectivity index (χ4v) is 2.45. The molecule has 4 nitrogen and oxygen atoms in total. The number of hydrogen-bond acceptors (Lipinski definition) is 4. The quantitative estimate of drug-likeness (QED) is 0.697. The van der Waals surface area contributed by atoms with Gasteiger partial charge in [-0.05, 0) is 35.0 Å². The SMILES string of the molecule is NC(=S)c1cnc(Nc2ccc3cc(Br)ccc3c2)cn1. The lowest BCUT2D eigenvalue weighted by Crippen LogP contribution is -2.12. The van der Waals surface area contributed by atoms with Crippen molar-refractivity contribution in [3.8, 4) is 0 Å². The number of nitrogens with zero attached hydrogens (tertiary/aromatic N) is 2. The second-order valence-corrected chi connectivity index (χ2v) is 5.84. The van der Waals surface area contributed by atoms with Crippen LogP contribution in [0.3, 0.4) is 0 Å². The zero-order chi connectivity index (χ0) is 14.8. The summed E-state index contributed by atoms with van der Waals surface area (Å²) in [5.74, 6) is 0.645. The van der Waals surface area contributed by atoms with Crippen LogP contribution in [0.25, 0.3) is 10.8 Å². The van der Waals surface area contributed by atoms with Crippen molar-refractivity contribution in [3.63, 3.8) is 0 Å². The van der Waals surface area contributed by atoms with Crippen molar-refractivity contribution >= 4 is 55.4 Å². The van der Waals surface area contributed by atoms with E-state index in [0.717, 1.165) is 15.5 Å². The third kappa shape index (κ3) is 3.17. The highest BCUT2D eigenvalue weighted by Gasteiger charge is 2.02. The Labute approximate surface area is 135 Å². The molecule has 0 aliphatic carbocycles. The number of benzene rings is 2. The predicted octanol–water partition coefficient (Wildman–Crippen LogP) is 3.77. The van der Waals surface area contributed by atoms with Gasteiger partial charge < -0.3 is 11.1 Å². The highest BCUT2D eigenvalue weighted by Crippen LogP contribution is 2.24. The number of rotatable bonds is 3. The fraction of sp³-hybridized carbons (Fsp3) is 0. The molecule has 2 aromatic carbocycles. The molecule has 3 aromatic rings. The van der Waals surface area contributed by atoms with Crippen molar-refractivity contribution in [2.45, 2.75) is 0 Å². The minimum absolute atomic E-state index is 0.241. The van der Waals surface area contributed by atoms with Crippen LogP contribution >= 0.6 is 28.1 Å². The minimum atomic E-state index is 0.241. The second kappa shape index (κ2) is 5.75. The average molecular weight is 359 g/mol. The van der Waals surface area contributed by atoms with Crippen LogP contribution in [0.2, 0.25) is 0 Å². The molecule has 21 heavy (non-hydrogen) atoms. The number of hydrogen-bond donors (Lipinski definition) is 2. The van der Waals surface area contributed by atoms with Crippen LogP contribution in [0.4, 0.5) is 11.5 Å². The van der Waals surface area contributed by atoms with Gasteiger partial charge in [-0.2, -0.15) is 0 Å². The van der Waals surface area contributed by atoms with Crippen LogP contribution < -0.4 is 11.1 Å². The monoisotopic (exact) mass is 358 g/mol. The maximum atomic E-state index is 5.50. The number of fused-ring (bicyclic) bond motifs is 1. The maximum Gasteiger partial charge on any atom is 0.148 e. The smallest absolute Gasteiger partial charge is 0.148 e. The first-order valence-electron chi connectivity index (χ1n) is 6.20. The van der Waals surface area contributed by atoms with Crippen LogP contribution in [0, 0.1) is 0 Å². The Morgan fingerprint density at radius 2 is 1.81 bits per heavy atom. The van der Waals surface area contributed by atoms with Crippen molar-refractivity contribution in [3.05, 3.63) is 59.0 Å². The minimum Gasteiger partial charge on any atom is -0.388 e. The van der Waals surface area contributed by atoms with Crippen LogP contribution in [0.15, 0.2) is 53.3 Å². The summed E-state index contributed by atoms with van der Waals surface area (Å²) in [7, 11) is 0. The van der Waals surface area contributed by atoms with Gasteiger partial charge >= 0.3 is 0 Å². The van der Waals surface area contributed by atoms with E-state index in [1.807, 2.05) is 12.1 Å². The van der Waals surface area contributed by atoms with Gasteiger partial charge in [0.1, 0.15) is 16.5 Å². The molecule has 0 fully saturated rings. The lowest BCUT2D eigenvalue weighted by atomic mass is 10.1. The Bertz CT molecular complexity index is 818. The molecule has 104 valence electrons. The van der Waals surface area contributed by atoms with E-state index in [4.69, 9.17) is 18.0 Å². The van der Waals surface area contributed by atoms with Crippen LogP contribution in [-0.4, -0.2) is 15.0 Å². The van der Waals surface area contributed by atoms with E-state index < -0.39 is 0 Å². The van der Waals surface area contributed by atoms with E-state index in [-0.39, 0.29) is 4.99 Å². The average Bonchev–Trinajstić information content (AvgIpc) is 2.48. The highest BCUT2D eigenvalue weighted by molar-refractivity contribution is 9.10. The largest absolute Gasteiger partial charge is 0.388 e. The molecule has 0 amide bonds.